The number of likely N-dealkylation sites (tertiary alicyclic amines) is 1. The van der Waals surface area contributed by atoms with Crippen LogP contribution in [0.1, 0.15) is 42.1 Å². The average Bonchev–Trinajstić information content (AvgIpc) is 2.93. The molecule has 0 spiro atoms. The zero-order valence-electron chi connectivity index (χ0n) is 11.6. The minimum absolute atomic E-state index is 0.0601. The predicted molar refractivity (Wildman–Crippen MR) is 75.7 cm³/mol. The van der Waals surface area contributed by atoms with E-state index in [4.69, 9.17) is 5.11 Å². The molecule has 1 unspecified atom stereocenters. The first-order valence-corrected chi connectivity index (χ1v) is 6.98. The van der Waals surface area contributed by atoms with Crippen molar-refractivity contribution in [1.29, 1.82) is 0 Å². The van der Waals surface area contributed by atoms with Gasteiger partial charge < -0.3 is 15.3 Å². The van der Waals surface area contributed by atoms with E-state index in [0.717, 1.165) is 31.4 Å². The van der Waals surface area contributed by atoms with Gasteiger partial charge >= 0.3 is 12.0 Å². The van der Waals surface area contributed by atoms with Crippen molar-refractivity contribution < 1.29 is 14.7 Å². The Morgan fingerprint density at radius 2 is 2.25 bits per heavy atom. The molecule has 0 saturated carbocycles. The number of hydrogen-bond donors (Lipinski definition) is 2. The maximum Gasteiger partial charge on any atom is 0.335 e. The van der Waals surface area contributed by atoms with Crippen molar-refractivity contribution in [1.82, 2.24) is 10.2 Å². The summed E-state index contributed by atoms with van der Waals surface area (Å²) in [6.45, 7) is 3.25. The van der Waals surface area contributed by atoms with Crippen LogP contribution in [0.5, 0.6) is 0 Å². The maximum absolute atomic E-state index is 12.1. The predicted octanol–water partition coefficient (Wildman–Crippen LogP) is 2.47. The van der Waals surface area contributed by atoms with Gasteiger partial charge in [-0.1, -0.05) is 19.1 Å². The second-order valence-electron chi connectivity index (χ2n) is 5.06. The van der Waals surface area contributed by atoms with Crippen LogP contribution in [0, 0.1) is 0 Å². The average molecular weight is 276 g/mol. The van der Waals surface area contributed by atoms with Crippen molar-refractivity contribution in [3.8, 4) is 0 Å². The highest BCUT2D eigenvalue weighted by atomic mass is 16.4. The lowest BCUT2D eigenvalue weighted by molar-refractivity contribution is 0.0696. The van der Waals surface area contributed by atoms with Gasteiger partial charge in [0.2, 0.25) is 0 Å². The van der Waals surface area contributed by atoms with E-state index >= 15 is 0 Å². The third kappa shape index (κ3) is 3.29. The molecule has 5 heteroatoms. The molecule has 0 bridgehead atoms. The zero-order chi connectivity index (χ0) is 14.5. The number of hydrogen-bond acceptors (Lipinski definition) is 2. The van der Waals surface area contributed by atoms with Gasteiger partial charge in [-0.2, -0.15) is 0 Å². The lowest BCUT2D eigenvalue weighted by atomic mass is 10.1. The first-order valence-electron chi connectivity index (χ1n) is 6.98. The Morgan fingerprint density at radius 3 is 2.95 bits per heavy atom. The highest BCUT2D eigenvalue weighted by Gasteiger charge is 2.26. The second-order valence-corrected chi connectivity index (χ2v) is 5.06. The molecule has 2 rings (SSSR count). The fraction of sp³-hybridized carbons (Fsp3) is 0.467. The largest absolute Gasteiger partial charge is 0.478 e. The van der Waals surface area contributed by atoms with E-state index in [9.17, 15) is 9.59 Å². The molecule has 1 aromatic carbocycles. The summed E-state index contributed by atoms with van der Waals surface area (Å²) in [5.74, 6) is -0.955. The van der Waals surface area contributed by atoms with Crippen molar-refractivity contribution in [2.24, 2.45) is 0 Å². The van der Waals surface area contributed by atoms with Crippen LogP contribution >= 0.6 is 0 Å². The van der Waals surface area contributed by atoms with E-state index in [1.807, 2.05) is 11.0 Å². The molecule has 0 aromatic heterocycles. The summed E-state index contributed by atoms with van der Waals surface area (Å²) >= 11 is 0. The number of rotatable bonds is 4. The van der Waals surface area contributed by atoms with E-state index < -0.39 is 5.97 Å². The van der Waals surface area contributed by atoms with Gasteiger partial charge in [-0.05, 0) is 37.0 Å². The smallest absolute Gasteiger partial charge is 0.335 e. The third-order valence-electron chi connectivity index (χ3n) is 3.73. The van der Waals surface area contributed by atoms with Crippen molar-refractivity contribution in [2.75, 3.05) is 6.54 Å². The van der Waals surface area contributed by atoms with E-state index in [2.05, 4.69) is 12.2 Å². The third-order valence-corrected chi connectivity index (χ3v) is 3.73. The fourth-order valence-electron chi connectivity index (χ4n) is 2.62. The first-order chi connectivity index (χ1) is 9.61. The fourth-order valence-corrected chi connectivity index (χ4v) is 2.62. The molecule has 1 heterocycles. The van der Waals surface area contributed by atoms with E-state index in [-0.39, 0.29) is 11.6 Å². The van der Waals surface area contributed by atoms with Gasteiger partial charge in [-0.15, -0.1) is 0 Å². The zero-order valence-corrected chi connectivity index (χ0v) is 11.6. The van der Waals surface area contributed by atoms with E-state index in [1.54, 1.807) is 18.2 Å². The summed E-state index contributed by atoms with van der Waals surface area (Å²) in [6, 6.07) is 6.91. The van der Waals surface area contributed by atoms with E-state index in [0.29, 0.717) is 12.6 Å². The molecule has 1 atom stereocenters. The van der Waals surface area contributed by atoms with Crippen molar-refractivity contribution in [3.05, 3.63) is 35.4 Å². The standard InChI is InChI=1S/C15H20N2O3/c1-2-13-7-4-8-17(13)15(20)16-10-11-5-3-6-12(9-11)14(18)19/h3,5-6,9,13H,2,4,7-8,10H2,1H3,(H,16,20)(H,18,19). The monoisotopic (exact) mass is 276 g/mol. The maximum atomic E-state index is 12.1. The highest BCUT2D eigenvalue weighted by molar-refractivity contribution is 5.87. The minimum atomic E-state index is -0.955. The van der Waals surface area contributed by atoms with Crippen LogP contribution < -0.4 is 5.32 Å². The summed E-state index contributed by atoms with van der Waals surface area (Å²) in [6.07, 6.45) is 3.10. The summed E-state index contributed by atoms with van der Waals surface area (Å²) < 4.78 is 0. The number of carbonyl (C=O) groups excluding carboxylic acids is 1. The van der Waals surface area contributed by atoms with Crippen LogP contribution in [-0.2, 0) is 6.54 Å². The SMILES string of the molecule is CCC1CCCN1C(=O)NCc1cccc(C(=O)O)c1. The van der Waals surface area contributed by atoms with Crippen LogP contribution in [-0.4, -0.2) is 34.6 Å². The molecular formula is C15H20N2O3. The summed E-state index contributed by atoms with van der Waals surface area (Å²) in [4.78, 5) is 24.9. The molecule has 0 aliphatic carbocycles. The van der Waals surface area contributed by atoms with Gasteiger partial charge in [0.25, 0.3) is 0 Å². The second kappa shape index (κ2) is 6.41. The Kier molecular flexibility index (Phi) is 4.61. The number of urea groups is 1. The molecule has 1 aromatic rings. The number of carboxylic acids is 1. The van der Waals surface area contributed by atoms with Crippen molar-refractivity contribution >= 4 is 12.0 Å². The van der Waals surface area contributed by atoms with Gasteiger partial charge in [0.15, 0.2) is 0 Å². The molecule has 108 valence electrons. The van der Waals surface area contributed by atoms with Crippen LogP contribution in [0.15, 0.2) is 24.3 Å². The molecule has 5 nitrogen and oxygen atoms in total. The molecule has 0 radical (unpaired) electrons. The van der Waals surface area contributed by atoms with Gasteiger partial charge in [0.05, 0.1) is 5.56 Å². The summed E-state index contributed by atoms with van der Waals surface area (Å²) in [5, 5.41) is 11.8. The van der Waals surface area contributed by atoms with Crippen LogP contribution in [0.25, 0.3) is 0 Å². The quantitative estimate of drug-likeness (QED) is 0.887. The normalized spacial score (nSPS) is 18.1. The molecule has 1 saturated heterocycles. The molecule has 20 heavy (non-hydrogen) atoms. The number of nitrogens with one attached hydrogen (secondary N) is 1. The van der Waals surface area contributed by atoms with Crippen LogP contribution in [0.4, 0.5) is 4.79 Å². The lowest BCUT2D eigenvalue weighted by Gasteiger charge is -2.24. The summed E-state index contributed by atoms with van der Waals surface area (Å²) in [7, 11) is 0. The number of amides is 2. The number of nitrogens with zero attached hydrogens (tertiary/aromatic N) is 1. The molecular weight excluding hydrogens is 256 g/mol. The van der Waals surface area contributed by atoms with Gasteiger partial charge in [-0.25, -0.2) is 9.59 Å². The van der Waals surface area contributed by atoms with Gasteiger partial charge in [0.1, 0.15) is 0 Å². The molecule has 1 aliphatic rings. The van der Waals surface area contributed by atoms with Crippen LogP contribution in [0.2, 0.25) is 0 Å². The van der Waals surface area contributed by atoms with Gasteiger partial charge in [-0.3, -0.25) is 0 Å². The van der Waals surface area contributed by atoms with Gasteiger partial charge in [0, 0.05) is 19.1 Å². The van der Waals surface area contributed by atoms with E-state index in [1.165, 1.54) is 0 Å². The molecule has 2 amide bonds. The molecule has 2 N–H and O–H groups in total. The molecule has 1 aliphatic heterocycles. The Balaban J connectivity index is 1.93. The highest BCUT2D eigenvalue weighted by Crippen LogP contribution is 2.19. The topological polar surface area (TPSA) is 69.6 Å². The summed E-state index contributed by atoms with van der Waals surface area (Å²) in [5.41, 5.74) is 1.04. The Hall–Kier alpha value is -2.04. The van der Waals surface area contributed by atoms with Crippen LogP contribution in [0.3, 0.4) is 0 Å². The minimum Gasteiger partial charge on any atom is -0.478 e. The Labute approximate surface area is 118 Å². The number of aromatic carboxylic acids is 1. The lowest BCUT2D eigenvalue weighted by Crippen LogP contribution is -2.42. The number of benzene rings is 1. The molecule has 1 fully saturated rings. The Bertz CT molecular complexity index is 502. The van der Waals surface area contributed by atoms with Crippen molar-refractivity contribution in [2.45, 2.75) is 38.8 Å². The number of carboxylic acid groups (broad SMARTS) is 1. The number of carbonyl (C=O) groups is 2. The first kappa shape index (κ1) is 14.4. The van der Waals surface area contributed by atoms with Crippen molar-refractivity contribution in [3.63, 3.8) is 0 Å². The Morgan fingerprint density at radius 1 is 1.45 bits per heavy atom.